The third-order valence-electron chi connectivity index (χ3n) is 1.47. The van der Waals surface area contributed by atoms with E-state index in [2.05, 4.69) is 10.0 Å². The van der Waals surface area contributed by atoms with Crippen molar-refractivity contribution in [2.45, 2.75) is 12.5 Å². The van der Waals surface area contributed by atoms with Gasteiger partial charge in [-0.05, 0) is 0 Å². The Hall–Kier alpha value is -0.330. The Labute approximate surface area is 75.5 Å². The maximum absolute atomic E-state index is 10.9. The van der Waals surface area contributed by atoms with Gasteiger partial charge in [0.05, 0.1) is 0 Å². The zero-order valence-corrected chi connectivity index (χ0v) is 7.78. The van der Waals surface area contributed by atoms with Crippen molar-refractivity contribution in [3.05, 3.63) is 0 Å². The van der Waals surface area contributed by atoms with Crippen LogP contribution in [0.25, 0.3) is 0 Å². The quantitative estimate of drug-likeness (QED) is 0.589. The lowest BCUT2D eigenvalue weighted by Gasteiger charge is -2.07. The molecule has 1 saturated heterocycles. The van der Waals surface area contributed by atoms with Gasteiger partial charge in [-0.2, -0.15) is 0 Å². The van der Waals surface area contributed by atoms with Crippen LogP contribution in [0.1, 0.15) is 6.42 Å². The summed E-state index contributed by atoms with van der Waals surface area (Å²) in [6.07, 6.45) is 0.191. The number of alkyl halides is 1. The topological polar surface area (TPSA) is 75.3 Å². The van der Waals surface area contributed by atoms with Crippen LogP contribution in [0.3, 0.4) is 0 Å². The molecule has 0 aromatic rings. The van der Waals surface area contributed by atoms with Crippen LogP contribution >= 0.6 is 11.6 Å². The molecular formula is C5H9ClN2O3S. The average Bonchev–Trinajstić information content (AvgIpc) is 2.35. The van der Waals surface area contributed by atoms with Crippen molar-refractivity contribution < 1.29 is 13.2 Å². The lowest BCUT2D eigenvalue weighted by molar-refractivity contribution is -0.119. The molecular weight excluding hydrogens is 204 g/mol. The fraction of sp³-hybridized carbons (Fsp3) is 0.800. The van der Waals surface area contributed by atoms with Gasteiger partial charge in [0.25, 0.3) is 0 Å². The molecule has 0 bridgehead atoms. The third kappa shape index (κ3) is 2.62. The van der Waals surface area contributed by atoms with Crippen molar-refractivity contribution in [2.75, 3.05) is 11.8 Å². The zero-order valence-electron chi connectivity index (χ0n) is 6.21. The van der Waals surface area contributed by atoms with Crippen molar-refractivity contribution in [2.24, 2.45) is 0 Å². The van der Waals surface area contributed by atoms with Crippen molar-refractivity contribution in [1.82, 2.24) is 10.0 Å². The lowest BCUT2D eigenvalue weighted by Crippen LogP contribution is -2.36. The Morgan fingerprint density at radius 2 is 2.33 bits per heavy atom. The van der Waals surface area contributed by atoms with Crippen molar-refractivity contribution in [3.8, 4) is 0 Å². The minimum atomic E-state index is -3.40. The second-order valence-corrected chi connectivity index (χ2v) is 4.88. The Morgan fingerprint density at radius 1 is 1.67 bits per heavy atom. The number of carbonyl (C=O) groups is 1. The Kier molecular flexibility index (Phi) is 2.92. The summed E-state index contributed by atoms with van der Waals surface area (Å²) in [5, 5.41) is 2.03. The zero-order chi connectivity index (χ0) is 9.19. The smallest absolute Gasteiger partial charge is 0.225 e. The van der Waals surface area contributed by atoms with E-state index in [-0.39, 0.29) is 18.4 Å². The van der Waals surface area contributed by atoms with Crippen LogP contribution in [0.15, 0.2) is 0 Å². The molecule has 1 atom stereocenters. The number of sulfonamides is 1. The van der Waals surface area contributed by atoms with E-state index in [4.69, 9.17) is 11.6 Å². The first kappa shape index (κ1) is 9.76. The van der Waals surface area contributed by atoms with Gasteiger partial charge in [0.15, 0.2) is 0 Å². The molecule has 1 heterocycles. The van der Waals surface area contributed by atoms with Crippen molar-refractivity contribution >= 4 is 27.5 Å². The first-order valence-electron chi connectivity index (χ1n) is 3.36. The molecule has 1 aliphatic heterocycles. The fourth-order valence-electron chi connectivity index (χ4n) is 0.974. The lowest BCUT2D eigenvalue weighted by atomic mass is 10.3. The summed E-state index contributed by atoms with van der Waals surface area (Å²) >= 11 is 5.15. The van der Waals surface area contributed by atoms with E-state index in [1.807, 2.05) is 0 Å². The molecule has 1 fully saturated rings. The molecule has 0 spiro atoms. The van der Waals surface area contributed by atoms with Gasteiger partial charge in [0, 0.05) is 19.0 Å². The Balaban J connectivity index is 2.48. The molecule has 12 heavy (non-hydrogen) atoms. The number of hydrogen-bond donors (Lipinski definition) is 2. The molecule has 5 nitrogen and oxygen atoms in total. The van der Waals surface area contributed by atoms with Gasteiger partial charge >= 0.3 is 0 Å². The molecule has 0 radical (unpaired) electrons. The monoisotopic (exact) mass is 212 g/mol. The first-order chi connectivity index (χ1) is 5.53. The summed E-state index contributed by atoms with van der Waals surface area (Å²) in [7, 11) is -3.40. The summed E-state index contributed by atoms with van der Waals surface area (Å²) in [6.45, 7) is 0.342. The molecule has 2 N–H and O–H groups in total. The van der Waals surface area contributed by atoms with E-state index < -0.39 is 15.2 Å². The molecule has 0 aromatic heterocycles. The van der Waals surface area contributed by atoms with Gasteiger partial charge in [-0.3, -0.25) is 4.79 Å². The molecule has 0 aliphatic carbocycles. The fourth-order valence-corrected chi connectivity index (χ4v) is 1.90. The Morgan fingerprint density at radius 3 is 2.75 bits per heavy atom. The summed E-state index contributed by atoms with van der Waals surface area (Å²) in [5.41, 5.74) is 0. The second-order valence-electron chi connectivity index (χ2n) is 2.55. The SMILES string of the molecule is O=C1CC(NS(=O)(=O)CCl)CN1. The number of halogens is 1. The van der Waals surface area contributed by atoms with Crippen LogP contribution in [0.4, 0.5) is 0 Å². The van der Waals surface area contributed by atoms with Crippen LogP contribution in [0, 0.1) is 0 Å². The maximum Gasteiger partial charge on any atom is 0.225 e. The van der Waals surface area contributed by atoms with Crippen LogP contribution in [0.2, 0.25) is 0 Å². The summed E-state index contributed by atoms with van der Waals surface area (Å²) in [5.74, 6) is -0.141. The number of hydrogen-bond acceptors (Lipinski definition) is 3. The van der Waals surface area contributed by atoms with E-state index in [0.29, 0.717) is 6.54 Å². The first-order valence-corrected chi connectivity index (χ1v) is 5.55. The molecule has 1 aliphatic rings. The predicted molar refractivity (Wildman–Crippen MR) is 44.2 cm³/mol. The second kappa shape index (κ2) is 3.59. The predicted octanol–water partition coefficient (Wildman–Crippen LogP) is -1.01. The van der Waals surface area contributed by atoms with E-state index in [1.54, 1.807) is 0 Å². The molecule has 70 valence electrons. The van der Waals surface area contributed by atoms with Crippen LogP contribution in [0.5, 0.6) is 0 Å². The normalized spacial score (nSPS) is 24.1. The van der Waals surface area contributed by atoms with Gasteiger partial charge in [-0.25, -0.2) is 13.1 Å². The number of rotatable bonds is 3. The third-order valence-corrected chi connectivity index (χ3v) is 3.31. The van der Waals surface area contributed by atoms with Crippen molar-refractivity contribution in [3.63, 3.8) is 0 Å². The molecule has 1 amide bonds. The van der Waals surface area contributed by atoms with Gasteiger partial charge in [0.1, 0.15) is 5.21 Å². The number of nitrogens with one attached hydrogen (secondary N) is 2. The minimum Gasteiger partial charge on any atom is -0.354 e. The number of carbonyl (C=O) groups excluding carboxylic acids is 1. The van der Waals surface area contributed by atoms with E-state index in [1.165, 1.54) is 0 Å². The minimum absolute atomic E-state index is 0.141. The van der Waals surface area contributed by atoms with Crippen LogP contribution < -0.4 is 10.0 Å². The van der Waals surface area contributed by atoms with E-state index in [9.17, 15) is 13.2 Å². The standard InChI is InChI=1S/C5H9ClN2O3S/c6-3-12(10,11)8-4-1-5(9)7-2-4/h4,8H,1-3H2,(H,7,9). The summed E-state index contributed by atoms with van der Waals surface area (Å²) in [6, 6.07) is -0.346. The van der Waals surface area contributed by atoms with E-state index >= 15 is 0 Å². The van der Waals surface area contributed by atoms with Crippen LogP contribution in [-0.2, 0) is 14.8 Å². The molecule has 1 rings (SSSR count). The number of amides is 1. The highest BCUT2D eigenvalue weighted by Crippen LogP contribution is 2.01. The van der Waals surface area contributed by atoms with Gasteiger partial charge in [-0.15, -0.1) is 11.6 Å². The van der Waals surface area contributed by atoms with Gasteiger partial charge in [0.2, 0.25) is 15.9 Å². The highest BCUT2D eigenvalue weighted by molar-refractivity contribution is 7.90. The molecule has 0 aromatic carbocycles. The average molecular weight is 213 g/mol. The van der Waals surface area contributed by atoms with E-state index in [0.717, 1.165) is 0 Å². The van der Waals surface area contributed by atoms with Gasteiger partial charge in [-0.1, -0.05) is 0 Å². The largest absolute Gasteiger partial charge is 0.354 e. The highest BCUT2D eigenvalue weighted by atomic mass is 35.5. The Bertz CT molecular complexity index is 276. The van der Waals surface area contributed by atoms with Gasteiger partial charge < -0.3 is 5.32 Å². The molecule has 1 unspecified atom stereocenters. The molecule has 7 heteroatoms. The van der Waals surface area contributed by atoms with Crippen molar-refractivity contribution in [1.29, 1.82) is 0 Å². The molecule has 0 saturated carbocycles. The van der Waals surface area contributed by atoms with Crippen LogP contribution in [-0.4, -0.2) is 32.1 Å². The maximum atomic E-state index is 10.9. The highest BCUT2D eigenvalue weighted by Gasteiger charge is 2.24. The summed E-state index contributed by atoms with van der Waals surface area (Å²) < 4.78 is 24.1. The summed E-state index contributed by atoms with van der Waals surface area (Å²) in [4.78, 5) is 10.6.